The quantitative estimate of drug-likeness (QED) is 0.286. The zero-order valence-electron chi connectivity index (χ0n) is 23.1. The number of nitrogens with zero attached hydrogens (tertiary/aromatic N) is 2. The molecule has 2 unspecified atom stereocenters. The summed E-state index contributed by atoms with van der Waals surface area (Å²) in [7, 11) is 0. The summed E-state index contributed by atoms with van der Waals surface area (Å²) in [5.74, 6) is 0.336. The van der Waals surface area contributed by atoms with E-state index in [1.807, 2.05) is 18.2 Å². The van der Waals surface area contributed by atoms with Crippen LogP contribution in [0.1, 0.15) is 31.2 Å². The van der Waals surface area contributed by atoms with Crippen LogP contribution in [-0.2, 0) is 0 Å². The molecular weight excluding hydrogens is 484 g/mol. The highest BCUT2D eigenvalue weighted by Crippen LogP contribution is 2.37. The first kappa shape index (κ1) is 27.0. The van der Waals surface area contributed by atoms with Crippen LogP contribution in [0.5, 0.6) is 0 Å². The molecule has 3 aliphatic rings. The maximum Gasteiger partial charge on any atom is 0.0556 e. The van der Waals surface area contributed by atoms with E-state index in [9.17, 15) is 0 Å². The molecule has 2 heteroatoms. The van der Waals surface area contributed by atoms with Gasteiger partial charge in [0, 0.05) is 34.4 Å². The van der Waals surface area contributed by atoms with Crippen molar-refractivity contribution < 1.29 is 0 Å². The summed E-state index contributed by atoms with van der Waals surface area (Å²) in [4.78, 5) is 4.90. The fraction of sp³-hybridized carbons (Fsp3) is 0.158. The van der Waals surface area contributed by atoms with Gasteiger partial charge in [0.15, 0.2) is 0 Å². The number of allylic oxidation sites excluding steroid dienone is 15. The van der Waals surface area contributed by atoms with E-state index in [-0.39, 0.29) is 0 Å². The van der Waals surface area contributed by atoms with E-state index in [1.165, 1.54) is 17.1 Å². The summed E-state index contributed by atoms with van der Waals surface area (Å²) < 4.78 is 0. The summed E-state index contributed by atoms with van der Waals surface area (Å²) in [5.41, 5.74) is 7.32. The average Bonchev–Trinajstić information content (AvgIpc) is 3.02. The molecule has 5 rings (SSSR count). The molecule has 3 aliphatic carbocycles. The lowest BCUT2D eigenvalue weighted by Crippen LogP contribution is -2.34. The fourth-order valence-electron chi connectivity index (χ4n) is 5.48. The third kappa shape index (κ3) is 6.52. The average molecular weight is 523 g/mol. The molecule has 0 bridgehead atoms. The SMILES string of the molecule is C=C/C=C\c1ccc(N(C2=CC=CC(/C=C\C=C)C2)c2ccc(N(C3=CC=CCC3)C3C=CC=CC3)cc2)cc1. The predicted molar refractivity (Wildman–Crippen MR) is 175 cm³/mol. The Morgan fingerprint density at radius 1 is 0.700 bits per heavy atom. The number of anilines is 3. The molecule has 0 saturated carbocycles. The normalized spacial score (nSPS) is 20.0. The van der Waals surface area contributed by atoms with E-state index in [0.29, 0.717) is 12.0 Å². The second kappa shape index (κ2) is 13.5. The van der Waals surface area contributed by atoms with Crippen LogP contribution in [-0.4, -0.2) is 6.04 Å². The van der Waals surface area contributed by atoms with Crippen molar-refractivity contribution in [3.05, 3.63) is 170 Å². The number of hydrogen-bond acceptors (Lipinski definition) is 2. The van der Waals surface area contributed by atoms with Gasteiger partial charge in [-0.15, -0.1) is 0 Å². The van der Waals surface area contributed by atoms with Crippen LogP contribution in [0.2, 0.25) is 0 Å². The number of rotatable bonds is 10. The zero-order valence-corrected chi connectivity index (χ0v) is 23.1. The van der Waals surface area contributed by atoms with Gasteiger partial charge in [-0.3, -0.25) is 0 Å². The van der Waals surface area contributed by atoms with Crippen LogP contribution < -0.4 is 9.80 Å². The highest BCUT2D eigenvalue weighted by Gasteiger charge is 2.23. The van der Waals surface area contributed by atoms with Crippen molar-refractivity contribution in [2.45, 2.75) is 31.7 Å². The minimum Gasteiger partial charge on any atom is -0.338 e. The lowest BCUT2D eigenvalue weighted by Gasteiger charge is -2.36. The lowest BCUT2D eigenvalue weighted by atomic mass is 9.96. The van der Waals surface area contributed by atoms with Gasteiger partial charge in [0.05, 0.1) is 6.04 Å². The van der Waals surface area contributed by atoms with Crippen LogP contribution in [0, 0.1) is 5.92 Å². The molecule has 2 aromatic rings. The Labute approximate surface area is 240 Å². The van der Waals surface area contributed by atoms with Gasteiger partial charge in [-0.25, -0.2) is 0 Å². The van der Waals surface area contributed by atoms with Crippen molar-refractivity contribution >= 4 is 23.1 Å². The van der Waals surface area contributed by atoms with Gasteiger partial charge >= 0.3 is 0 Å². The van der Waals surface area contributed by atoms with E-state index >= 15 is 0 Å². The Morgan fingerprint density at radius 3 is 2.10 bits per heavy atom. The maximum atomic E-state index is 3.85. The lowest BCUT2D eigenvalue weighted by molar-refractivity contribution is 0.720. The molecular formula is C38H38N2. The summed E-state index contributed by atoms with van der Waals surface area (Å²) in [5, 5.41) is 0. The standard InChI is InChI=1S/C38H38N2/c1-3-5-14-31-22-24-35(25-23-31)40(38-21-13-16-32(30-38)15-6-4-2)37-28-26-36(27-29-37)39(33-17-9-7-10-18-33)34-19-11-8-12-20-34/h3-11,13-17,19,21-29,32-33H,1-2,12,18,20,30H2/b14-5-,15-6-. The summed E-state index contributed by atoms with van der Waals surface area (Å²) in [6.07, 6.45) is 38.3. The van der Waals surface area contributed by atoms with Gasteiger partial charge in [-0.2, -0.15) is 0 Å². The van der Waals surface area contributed by atoms with Crippen LogP contribution in [0.3, 0.4) is 0 Å². The van der Waals surface area contributed by atoms with Crippen molar-refractivity contribution in [2.75, 3.05) is 9.80 Å². The first-order chi connectivity index (χ1) is 19.8. The van der Waals surface area contributed by atoms with Gasteiger partial charge < -0.3 is 9.80 Å². The summed E-state index contributed by atoms with van der Waals surface area (Å²) >= 11 is 0. The zero-order chi connectivity index (χ0) is 27.6. The third-order valence-corrected chi connectivity index (χ3v) is 7.43. The number of hydrogen-bond donors (Lipinski definition) is 0. The van der Waals surface area contributed by atoms with Gasteiger partial charge in [-0.1, -0.05) is 110 Å². The topological polar surface area (TPSA) is 6.48 Å². The molecule has 0 heterocycles. The van der Waals surface area contributed by atoms with E-state index < -0.39 is 0 Å². The molecule has 0 saturated heterocycles. The molecule has 0 fully saturated rings. The van der Waals surface area contributed by atoms with Gasteiger partial charge in [0.2, 0.25) is 0 Å². The molecule has 40 heavy (non-hydrogen) atoms. The van der Waals surface area contributed by atoms with Crippen molar-refractivity contribution in [1.29, 1.82) is 0 Å². The molecule has 0 amide bonds. The smallest absolute Gasteiger partial charge is 0.0556 e. The first-order valence-corrected chi connectivity index (χ1v) is 14.2. The van der Waals surface area contributed by atoms with Crippen LogP contribution in [0.25, 0.3) is 6.08 Å². The van der Waals surface area contributed by atoms with Crippen molar-refractivity contribution in [1.82, 2.24) is 0 Å². The monoisotopic (exact) mass is 522 g/mol. The van der Waals surface area contributed by atoms with Crippen molar-refractivity contribution in [2.24, 2.45) is 5.92 Å². The molecule has 0 aliphatic heterocycles. The van der Waals surface area contributed by atoms with Crippen LogP contribution in [0.15, 0.2) is 164 Å². The Bertz CT molecular complexity index is 1420. The van der Waals surface area contributed by atoms with E-state index in [4.69, 9.17) is 0 Å². The molecule has 0 radical (unpaired) electrons. The van der Waals surface area contributed by atoms with Gasteiger partial charge in [0.25, 0.3) is 0 Å². The van der Waals surface area contributed by atoms with Crippen molar-refractivity contribution in [3.8, 4) is 0 Å². The number of benzene rings is 2. The van der Waals surface area contributed by atoms with E-state index in [0.717, 1.165) is 42.6 Å². The maximum absolute atomic E-state index is 3.85. The Kier molecular flexibility index (Phi) is 9.11. The highest BCUT2D eigenvalue weighted by molar-refractivity contribution is 5.72. The Hall–Kier alpha value is -4.56. The minimum absolute atomic E-state index is 0.324. The summed E-state index contributed by atoms with van der Waals surface area (Å²) in [6.45, 7) is 7.64. The largest absolute Gasteiger partial charge is 0.338 e. The highest BCUT2D eigenvalue weighted by atomic mass is 15.2. The van der Waals surface area contributed by atoms with E-state index in [1.54, 1.807) is 6.08 Å². The van der Waals surface area contributed by atoms with Gasteiger partial charge in [0.1, 0.15) is 0 Å². The summed E-state index contributed by atoms with van der Waals surface area (Å²) in [6, 6.07) is 18.2. The Morgan fingerprint density at radius 2 is 1.43 bits per heavy atom. The first-order valence-electron chi connectivity index (χ1n) is 14.2. The third-order valence-electron chi connectivity index (χ3n) is 7.43. The molecule has 2 nitrogen and oxygen atoms in total. The molecule has 2 atom stereocenters. The molecule has 0 aromatic heterocycles. The Balaban J connectivity index is 1.50. The second-order valence-electron chi connectivity index (χ2n) is 10.2. The van der Waals surface area contributed by atoms with Crippen molar-refractivity contribution in [3.63, 3.8) is 0 Å². The molecule has 200 valence electrons. The molecule has 0 N–H and O–H groups in total. The second-order valence-corrected chi connectivity index (χ2v) is 10.2. The van der Waals surface area contributed by atoms with Crippen LogP contribution >= 0.6 is 0 Å². The van der Waals surface area contributed by atoms with Gasteiger partial charge in [-0.05, 0) is 79.8 Å². The van der Waals surface area contributed by atoms with E-state index in [2.05, 4.69) is 144 Å². The fourth-order valence-corrected chi connectivity index (χ4v) is 5.48. The minimum atomic E-state index is 0.324. The molecule has 0 spiro atoms. The molecule has 2 aromatic carbocycles. The predicted octanol–water partition coefficient (Wildman–Crippen LogP) is 10.2. The van der Waals surface area contributed by atoms with Crippen LogP contribution in [0.4, 0.5) is 17.1 Å².